The largest absolute Gasteiger partial charge is 0.438 e. The van der Waals surface area contributed by atoms with Crippen molar-refractivity contribution in [2.75, 3.05) is 26.2 Å². The van der Waals surface area contributed by atoms with Gasteiger partial charge in [-0.2, -0.15) is 4.31 Å². The molecule has 4 rings (SSSR count). The Balaban J connectivity index is 1.45. The minimum absolute atomic E-state index is 0.0957. The number of aromatic amines is 1. The average molecular weight is 496 g/mol. The average Bonchev–Trinajstić information content (AvgIpc) is 3.40. The van der Waals surface area contributed by atoms with Gasteiger partial charge in [0, 0.05) is 49.5 Å². The van der Waals surface area contributed by atoms with Gasteiger partial charge in [-0.05, 0) is 45.0 Å². The first kappa shape index (κ1) is 23.4. The van der Waals surface area contributed by atoms with Crippen molar-refractivity contribution in [3.63, 3.8) is 0 Å². The Morgan fingerprint density at radius 3 is 2.45 bits per heavy atom. The Morgan fingerprint density at radius 1 is 1.09 bits per heavy atom. The first-order valence-electron chi connectivity index (χ1n) is 10.2. The first-order valence-corrected chi connectivity index (χ1v) is 13.2. The molecule has 0 atom stereocenters. The number of sulfonamides is 2. The first-order chi connectivity index (χ1) is 15.4. The zero-order valence-electron chi connectivity index (χ0n) is 18.4. The Kier molecular flexibility index (Phi) is 5.85. The summed E-state index contributed by atoms with van der Waals surface area (Å²) >= 11 is 0. The molecular formula is C20H25N5O6S2. The lowest BCUT2D eigenvalue weighted by molar-refractivity contribution is 0.0660. The summed E-state index contributed by atoms with van der Waals surface area (Å²) in [5.41, 5.74) is -0.229. The monoisotopic (exact) mass is 495 g/mol. The van der Waals surface area contributed by atoms with E-state index in [2.05, 4.69) is 14.7 Å². The van der Waals surface area contributed by atoms with E-state index >= 15 is 0 Å². The molecule has 3 aromatic heterocycles. The van der Waals surface area contributed by atoms with Crippen molar-refractivity contribution < 1.29 is 26.0 Å². The summed E-state index contributed by atoms with van der Waals surface area (Å²) in [5, 5.41) is 0.152. The van der Waals surface area contributed by atoms with Gasteiger partial charge >= 0.3 is 0 Å². The van der Waals surface area contributed by atoms with Crippen LogP contribution in [0, 0.1) is 0 Å². The van der Waals surface area contributed by atoms with Crippen molar-refractivity contribution in [3.05, 3.63) is 42.4 Å². The molecule has 0 saturated carbocycles. The quantitative estimate of drug-likeness (QED) is 0.544. The molecule has 4 heterocycles. The van der Waals surface area contributed by atoms with Crippen LogP contribution in [0.15, 0.2) is 51.1 Å². The molecule has 2 N–H and O–H groups in total. The highest BCUT2D eigenvalue weighted by Crippen LogP contribution is 2.25. The van der Waals surface area contributed by atoms with Gasteiger partial charge in [-0.25, -0.2) is 26.5 Å². The van der Waals surface area contributed by atoms with Gasteiger partial charge in [0.05, 0.1) is 0 Å². The number of amides is 1. The van der Waals surface area contributed by atoms with E-state index < -0.39 is 31.5 Å². The number of fused-ring (bicyclic) bond motifs is 1. The minimum atomic E-state index is -3.92. The van der Waals surface area contributed by atoms with Crippen LogP contribution in [0.25, 0.3) is 11.0 Å². The van der Waals surface area contributed by atoms with Crippen LogP contribution in [0.5, 0.6) is 0 Å². The number of hydrogen-bond acceptors (Lipinski definition) is 7. The fourth-order valence-electron chi connectivity index (χ4n) is 3.60. The smallest absolute Gasteiger partial charge is 0.289 e. The number of carbonyl (C=O) groups is 1. The number of aromatic nitrogens is 2. The molecule has 0 aliphatic carbocycles. The second-order valence-corrected chi connectivity index (χ2v) is 12.2. The number of rotatable bonds is 5. The van der Waals surface area contributed by atoms with Crippen molar-refractivity contribution in [3.8, 4) is 0 Å². The van der Waals surface area contributed by atoms with E-state index in [1.54, 1.807) is 39.1 Å². The molecule has 11 nitrogen and oxygen atoms in total. The van der Waals surface area contributed by atoms with Crippen LogP contribution in [0.4, 0.5) is 0 Å². The topological polar surface area (TPSA) is 146 Å². The lowest BCUT2D eigenvalue weighted by Gasteiger charge is -2.33. The van der Waals surface area contributed by atoms with Crippen LogP contribution in [-0.2, 0) is 20.0 Å². The summed E-state index contributed by atoms with van der Waals surface area (Å²) in [5.74, 6) is -0.621. The number of piperazine rings is 1. The van der Waals surface area contributed by atoms with Gasteiger partial charge in [-0.1, -0.05) is 0 Å². The summed E-state index contributed by atoms with van der Waals surface area (Å²) in [6.07, 6.45) is 2.99. The van der Waals surface area contributed by atoms with Crippen molar-refractivity contribution in [2.24, 2.45) is 0 Å². The molecular weight excluding hydrogens is 470 g/mol. The summed E-state index contributed by atoms with van der Waals surface area (Å²) in [7, 11) is -7.69. The van der Waals surface area contributed by atoms with Crippen LogP contribution in [0.3, 0.4) is 0 Å². The Labute approximate surface area is 191 Å². The minimum Gasteiger partial charge on any atom is -0.438 e. The predicted molar refractivity (Wildman–Crippen MR) is 120 cm³/mol. The van der Waals surface area contributed by atoms with Gasteiger partial charge in [0.15, 0.2) is 5.76 Å². The molecule has 0 bridgehead atoms. The highest BCUT2D eigenvalue weighted by Gasteiger charge is 2.33. The van der Waals surface area contributed by atoms with E-state index in [0.29, 0.717) is 11.0 Å². The van der Waals surface area contributed by atoms with Gasteiger partial charge in [-0.15, -0.1) is 0 Å². The number of carbonyl (C=O) groups excluding carboxylic acids is 1. The molecule has 0 spiro atoms. The summed E-state index contributed by atoms with van der Waals surface area (Å²) < 4.78 is 60.2. The maximum absolute atomic E-state index is 13.1. The highest BCUT2D eigenvalue weighted by molar-refractivity contribution is 7.89. The van der Waals surface area contributed by atoms with Gasteiger partial charge in [0.25, 0.3) is 15.9 Å². The summed E-state index contributed by atoms with van der Waals surface area (Å²) in [6.45, 7) is 5.56. The molecule has 1 fully saturated rings. The van der Waals surface area contributed by atoms with Crippen molar-refractivity contribution in [1.82, 2.24) is 23.9 Å². The molecule has 0 radical (unpaired) electrons. The van der Waals surface area contributed by atoms with Gasteiger partial charge < -0.3 is 14.3 Å². The number of pyridine rings is 1. The normalized spacial score (nSPS) is 16.4. The lowest BCUT2D eigenvalue weighted by Crippen LogP contribution is -2.50. The molecule has 1 aliphatic heterocycles. The van der Waals surface area contributed by atoms with Gasteiger partial charge in [0.1, 0.15) is 10.5 Å². The number of nitrogens with one attached hydrogen (secondary N) is 2. The predicted octanol–water partition coefficient (Wildman–Crippen LogP) is 1.38. The van der Waals surface area contributed by atoms with E-state index in [1.165, 1.54) is 27.5 Å². The molecule has 33 heavy (non-hydrogen) atoms. The van der Waals surface area contributed by atoms with E-state index in [9.17, 15) is 21.6 Å². The third-order valence-corrected chi connectivity index (χ3v) is 8.62. The van der Waals surface area contributed by atoms with Crippen molar-refractivity contribution >= 4 is 37.0 Å². The molecule has 0 unspecified atom stereocenters. The third kappa shape index (κ3) is 4.67. The Bertz CT molecular complexity index is 1390. The SMILES string of the molecule is CC(C)(C)NS(=O)(=O)c1ccc(C(=O)N2CCN(S(=O)(=O)c3c[nH]c4ncccc34)CC2)o1. The summed E-state index contributed by atoms with van der Waals surface area (Å²) in [4.78, 5) is 21.4. The Morgan fingerprint density at radius 2 is 1.79 bits per heavy atom. The lowest BCUT2D eigenvalue weighted by atomic mass is 10.1. The standard InChI is InChI=1S/C20H25N5O6S2/c1-20(2,3)23-32(27,28)17-7-6-15(31-17)19(26)24-9-11-25(12-10-24)33(29,30)16-13-22-18-14(16)5-4-8-21-18/h4-8,13,23H,9-12H2,1-3H3,(H,21,22). The molecule has 1 amide bonds. The molecule has 0 aromatic carbocycles. The van der Waals surface area contributed by atoms with Crippen LogP contribution in [0.1, 0.15) is 31.3 Å². The number of furan rings is 1. The van der Waals surface area contributed by atoms with Crippen LogP contribution < -0.4 is 4.72 Å². The van der Waals surface area contributed by atoms with Crippen molar-refractivity contribution in [2.45, 2.75) is 36.3 Å². The van der Waals surface area contributed by atoms with Crippen LogP contribution in [-0.4, -0.2) is 73.6 Å². The zero-order chi connectivity index (χ0) is 24.0. The second-order valence-electron chi connectivity index (χ2n) is 8.72. The molecule has 1 saturated heterocycles. The third-order valence-electron chi connectivity index (χ3n) is 5.05. The molecule has 3 aromatic rings. The van der Waals surface area contributed by atoms with Crippen LogP contribution >= 0.6 is 0 Å². The maximum Gasteiger partial charge on any atom is 0.289 e. The molecule has 1 aliphatic rings. The zero-order valence-corrected chi connectivity index (χ0v) is 20.0. The maximum atomic E-state index is 13.1. The second kappa shape index (κ2) is 8.24. The van der Waals surface area contributed by atoms with Gasteiger partial charge in [0.2, 0.25) is 15.1 Å². The number of nitrogens with zero attached hydrogens (tertiary/aromatic N) is 3. The van der Waals surface area contributed by atoms with Crippen LogP contribution in [0.2, 0.25) is 0 Å². The number of hydrogen-bond donors (Lipinski definition) is 2. The molecule has 13 heteroatoms. The molecule has 178 valence electrons. The van der Waals surface area contributed by atoms with E-state index in [1.807, 2.05) is 0 Å². The van der Waals surface area contributed by atoms with Gasteiger partial charge in [-0.3, -0.25) is 4.79 Å². The van der Waals surface area contributed by atoms with E-state index in [4.69, 9.17) is 4.42 Å². The highest BCUT2D eigenvalue weighted by atomic mass is 32.2. The fourth-order valence-corrected chi connectivity index (χ4v) is 6.53. The van der Waals surface area contributed by atoms with E-state index in [-0.39, 0.29) is 41.9 Å². The van der Waals surface area contributed by atoms with E-state index in [0.717, 1.165) is 0 Å². The Hall–Kier alpha value is -2.74. The van der Waals surface area contributed by atoms with Crippen molar-refractivity contribution in [1.29, 1.82) is 0 Å². The number of H-pyrrole nitrogens is 1. The summed E-state index contributed by atoms with van der Waals surface area (Å²) in [6, 6.07) is 5.89. The fraction of sp³-hybridized carbons (Fsp3) is 0.400.